The van der Waals surface area contributed by atoms with Gasteiger partial charge in [-0.15, -0.1) is 0 Å². The molecule has 0 aromatic heterocycles. The summed E-state index contributed by atoms with van der Waals surface area (Å²) in [6, 6.07) is 10.4. The zero-order valence-electron chi connectivity index (χ0n) is 9.29. The van der Waals surface area contributed by atoms with E-state index in [1.165, 1.54) is 0 Å². The number of benzene rings is 2. The minimum absolute atomic E-state index is 0.254. The molecule has 0 aliphatic heterocycles. The van der Waals surface area contributed by atoms with E-state index in [1.54, 1.807) is 36.4 Å². The molecule has 0 heterocycles. The first-order chi connectivity index (χ1) is 8.58. The standard InChI is InChI=1S/C13H10Cl3NO/c14-8-4-5-13(12(17)6-8)18-7-9-10(15)2-1-3-11(9)16/h1-6H,7,17H2. The summed E-state index contributed by atoms with van der Waals surface area (Å²) in [4.78, 5) is 0. The van der Waals surface area contributed by atoms with Crippen molar-refractivity contribution < 1.29 is 4.74 Å². The molecule has 0 bridgehead atoms. The summed E-state index contributed by atoms with van der Waals surface area (Å²) in [5.74, 6) is 0.551. The second-order valence-electron chi connectivity index (χ2n) is 3.67. The Labute approximate surface area is 120 Å². The Balaban J connectivity index is 2.16. The van der Waals surface area contributed by atoms with Crippen molar-refractivity contribution in [3.63, 3.8) is 0 Å². The fourth-order valence-corrected chi connectivity index (χ4v) is 2.16. The molecule has 0 radical (unpaired) electrons. The quantitative estimate of drug-likeness (QED) is 0.826. The summed E-state index contributed by atoms with van der Waals surface area (Å²) in [5, 5.41) is 1.70. The van der Waals surface area contributed by atoms with Crippen LogP contribution in [0.4, 0.5) is 5.69 Å². The molecule has 0 aliphatic rings. The zero-order valence-corrected chi connectivity index (χ0v) is 11.6. The highest BCUT2D eigenvalue weighted by Gasteiger charge is 2.07. The molecule has 2 N–H and O–H groups in total. The van der Waals surface area contributed by atoms with E-state index >= 15 is 0 Å². The van der Waals surface area contributed by atoms with Crippen LogP contribution in [0.3, 0.4) is 0 Å². The molecule has 2 aromatic rings. The summed E-state index contributed by atoms with van der Waals surface area (Å²) in [5.41, 5.74) is 7.00. The smallest absolute Gasteiger partial charge is 0.142 e. The number of nitrogen functional groups attached to an aromatic ring is 1. The number of rotatable bonds is 3. The lowest BCUT2D eigenvalue weighted by atomic mass is 10.2. The van der Waals surface area contributed by atoms with E-state index in [1.807, 2.05) is 0 Å². The van der Waals surface area contributed by atoms with E-state index in [0.717, 1.165) is 5.56 Å². The highest BCUT2D eigenvalue weighted by molar-refractivity contribution is 6.36. The van der Waals surface area contributed by atoms with Crippen LogP contribution in [-0.2, 0) is 6.61 Å². The van der Waals surface area contributed by atoms with Gasteiger partial charge in [0.25, 0.3) is 0 Å². The van der Waals surface area contributed by atoms with Crippen molar-refractivity contribution in [1.82, 2.24) is 0 Å². The normalized spacial score (nSPS) is 10.4. The molecule has 5 heteroatoms. The first kappa shape index (κ1) is 13.3. The van der Waals surface area contributed by atoms with Crippen molar-refractivity contribution in [3.8, 4) is 5.75 Å². The van der Waals surface area contributed by atoms with Gasteiger partial charge in [0.05, 0.1) is 5.69 Å². The SMILES string of the molecule is Nc1cc(Cl)ccc1OCc1c(Cl)cccc1Cl. The Morgan fingerprint density at radius 1 is 1.00 bits per heavy atom. The van der Waals surface area contributed by atoms with Crippen LogP contribution in [0.15, 0.2) is 36.4 Å². The number of nitrogens with two attached hydrogens (primary N) is 1. The molecule has 0 saturated carbocycles. The first-order valence-electron chi connectivity index (χ1n) is 5.18. The first-order valence-corrected chi connectivity index (χ1v) is 6.32. The van der Waals surface area contributed by atoms with Crippen LogP contribution >= 0.6 is 34.8 Å². The Hall–Kier alpha value is -1.09. The molecule has 18 heavy (non-hydrogen) atoms. The van der Waals surface area contributed by atoms with E-state index < -0.39 is 0 Å². The van der Waals surface area contributed by atoms with Crippen LogP contribution in [0.5, 0.6) is 5.75 Å². The topological polar surface area (TPSA) is 35.2 Å². The Bertz CT molecular complexity index is 552. The van der Waals surface area contributed by atoms with Crippen molar-refractivity contribution in [1.29, 1.82) is 0 Å². The third kappa shape index (κ3) is 3.02. The van der Waals surface area contributed by atoms with Crippen LogP contribution in [0.2, 0.25) is 15.1 Å². The highest BCUT2D eigenvalue weighted by Crippen LogP contribution is 2.29. The Kier molecular flexibility index (Phi) is 4.23. The number of hydrogen-bond donors (Lipinski definition) is 1. The fraction of sp³-hybridized carbons (Fsp3) is 0.0769. The molecule has 0 saturated heterocycles. The summed E-state index contributed by atoms with van der Waals surface area (Å²) in [6.07, 6.45) is 0. The average molecular weight is 303 g/mol. The van der Waals surface area contributed by atoms with E-state index in [4.69, 9.17) is 45.3 Å². The van der Waals surface area contributed by atoms with Gasteiger partial charge in [-0.3, -0.25) is 0 Å². The second kappa shape index (κ2) is 5.70. The summed E-state index contributed by atoms with van der Waals surface area (Å²) >= 11 is 17.9. The molecule has 2 rings (SSSR count). The predicted molar refractivity (Wildman–Crippen MR) is 76.7 cm³/mol. The van der Waals surface area contributed by atoms with E-state index in [9.17, 15) is 0 Å². The van der Waals surface area contributed by atoms with Gasteiger partial charge in [-0.05, 0) is 30.3 Å². The fourth-order valence-electron chi connectivity index (χ4n) is 1.47. The Morgan fingerprint density at radius 3 is 2.28 bits per heavy atom. The van der Waals surface area contributed by atoms with Crippen molar-refractivity contribution in [2.75, 3.05) is 5.73 Å². The second-order valence-corrected chi connectivity index (χ2v) is 4.92. The van der Waals surface area contributed by atoms with Crippen molar-refractivity contribution >= 4 is 40.5 Å². The summed E-state index contributed by atoms with van der Waals surface area (Å²) in [7, 11) is 0. The lowest BCUT2D eigenvalue weighted by Gasteiger charge is -2.11. The van der Waals surface area contributed by atoms with Crippen molar-refractivity contribution in [2.45, 2.75) is 6.61 Å². The van der Waals surface area contributed by atoms with E-state index in [-0.39, 0.29) is 6.61 Å². The molecule has 0 atom stereocenters. The minimum atomic E-state index is 0.254. The summed E-state index contributed by atoms with van der Waals surface area (Å²) in [6.45, 7) is 0.254. The zero-order chi connectivity index (χ0) is 13.1. The lowest BCUT2D eigenvalue weighted by molar-refractivity contribution is 0.308. The maximum atomic E-state index is 6.04. The van der Waals surface area contributed by atoms with E-state index in [0.29, 0.717) is 26.5 Å². The molecular formula is C13H10Cl3NO. The van der Waals surface area contributed by atoms with Gasteiger partial charge in [0.2, 0.25) is 0 Å². The van der Waals surface area contributed by atoms with Crippen LogP contribution < -0.4 is 10.5 Å². The maximum absolute atomic E-state index is 6.04. The van der Waals surface area contributed by atoms with Gasteiger partial charge >= 0.3 is 0 Å². The van der Waals surface area contributed by atoms with Gasteiger partial charge < -0.3 is 10.5 Å². The molecule has 0 fully saturated rings. The number of hydrogen-bond acceptors (Lipinski definition) is 2. The minimum Gasteiger partial charge on any atom is -0.487 e. The van der Waals surface area contributed by atoms with Crippen LogP contribution in [-0.4, -0.2) is 0 Å². The van der Waals surface area contributed by atoms with Gasteiger partial charge in [0, 0.05) is 20.6 Å². The molecule has 94 valence electrons. The molecule has 0 amide bonds. The molecule has 2 nitrogen and oxygen atoms in total. The van der Waals surface area contributed by atoms with Gasteiger partial charge in [-0.25, -0.2) is 0 Å². The van der Waals surface area contributed by atoms with Gasteiger partial charge in [0.1, 0.15) is 12.4 Å². The van der Waals surface area contributed by atoms with Gasteiger partial charge in [0.15, 0.2) is 0 Å². The van der Waals surface area contributed by atoms with Crippen molar-refractivity contribution in [2.24, 2.45) is 0 Å². The maximum Gasteiger partial charge on any atom is 0.142 e. The van der Waals surface area contributed by atoms with Crippen LogP contribution in [0.1, 0.15) is 5.56 Å². The summed E-state index contributed by atoms with van der Waals surface area (Å²) < 4.78 is 5.59. The van der Waals surface area contributed by atoms with E-state index in [2.05, 4.69) is 0 Å². The largest absolute Gasteiger partial charge is 0.487 e. The molecule has 0 spiro atoms. The lowest BCUT2D eigenvalue weighted by Crippen LogP contribution is -2.00. The van der Waals surface area contributed by atoms with Crippen LogP contribution in [0.25, 0.3) is 0 Å². The molecule has 0 aliphatic carbocycles. The molecular weight excluding hydrogens is 293 g/mol. The van der Waals surface area contributed by atoms with Gasteiger partial charge in [-0.1, -0.05) is 40.9 Å². The third-order valence-electron chi connectivity index (χ3n) is 2.41. The third-order valence-corrected chi connectivity index (χ3v) is 3.35. The number of anilines is 1. The molecule has 0 unspecified atom stereocenters. The predicted octanol–water partition coefficient (Wildman–Crippen LogP) is 4.81. The van der Waals surface area contributed by atoms with Crippen molar-refractivity contribution in [3.05, 3.63) is 57.0 Å². The number of halogens is 3. The van der Waals surface area contributed by atoms with Crippen LogP contribution in [0, 0.1) is 0 Å². The average Bonchev–Trinajstić information content (AvgIpc) is 2.31. The molecule has 2 aromatic carbocycles. The van der Waals surface area contributed by atoms with Gasteiger partial charge in [-0.2, -0.15) is 0 Å². The highest BCUT2D eigenvalue weighted by atomic mass is 35.5. The monoisotopic (exact) mass is 301 g/mol. The number of ether oxygens (including phenoxy) is 1. The Morgan fingerprint density at radius 2 is 1.67 bits per heavy atom.